The number of alkyl halides is 3. The van der Waals surface area contributed by atoms with Crippen molar-refractivity contribution in [3.63, 3.8) is 0 Å². The summed E-state index contributed by atoms with van der Waals surface area (Å²) in [7, 11) is 0. The number of carbonyl (C=O) groups excluding carboxylic acids is 1. The van der Waals surface area contributed by atoms with Gasteiger partial charge in [-0.2, -0.15) is 13.2 Å². The molecule has 0 saturated carbocycles. The Bertz CT molecular complexity index is 500. The summed E-state index contributed by atoms with van der Waals surface area (Å²) in [5.41, 5.74) is 2.45. The van der Waals surface area contributed by atoms with E-state index in [1.807, 2.05) is 0 Å². The van der Waals surface area contributed by atoms with E-state index < -0.39 is 25.2 Å². The summed E-state index contributed by atoms with van der Waals surface area (Å²) in [6.07, 6.45) is -1.65. The molecular weight excluding hydrogens is 271 g/mol. The summed E-state index contributed by atoms with van der Waals surface area (Å²) >= 11 is 0. The molecule has 2 rings (SSSR count). The minimum absolute atomic E-state index is 0.253. The average Bonchev–Trinajstić information content (AvgIpc) is 2.83. The van der Waals surface area contributed by atoms with Gasteiger partial charge in [-0.3, -0.25) is 4.79 Å². The van der Waals surface area contributed by atoms with E-state index in [2.05, 4.69) is 0 Å². The minimum atomic E-state index is -4.47. The van der Waals surface area contributed by atoms with Crippen LogP contribution in [0, 0.1) is 0 Å². The SMILES string of the molecule is O=C(c1ccc2c(c1)CCC2)N(CCO)CC(F)(F)F. The Morgan fingerprint density at radius 3 is 2.60 bits per heavy atom. The molecule has 0 aromatic heterocycles. The van der Waals surface area contributed by atoms with Gasteiger partial charge in [0.1, 0.15) is 6.54 Å². The van der Waals surface area contributed by atoms with Crippen molar-refractivity contribution >= 4 is 5.91 Å². The number of hydrogen-bond donors (Lipinski definition) is 1. The van der Waals surface area contributed by atoms with Crippen molar-refractivity contribution in [3.8, 4) is 0 Å². The molecule has 0 radical (unpaired) electrons. The second-order valence-corrected chi connectivity index (χ2v) is 4.90. The van der Waals surface area contributed by atoms with Crippen LogP contribution < -0.4 is 0 Å². The van der Waals surface area contributed by atoms with Gasteiger partial charge in [-0.15, -0.1) is 0 Å². The van der Waals surface area contributed by atoms with Crippen molar-refractivity contribution in [2.75, 3.05) is 19.7 Å². The van der Waals surface area contributed by atoms with Crippen molar-refractivity contribution in [2.24, 2.45) is 0 Å². The number of benzene rings is 1. The molecule has 3 nitrogen and oxygen atoms in total. The lowest BCUT2D eigenvalue weighted by molar-refractivity contribution is -0.141. The van der Waals surface area contributed by atoms with Crippen LogP contribution in [0.3, 0.4) is 0 Å². The van der Waals surface area contributed by atoms with Crippen LogP contribution in [0.4, 0.5) is 13.2 Å². The van der Waals surface area contributed by atoms with E-state index >= 15 is 0 Å². The molecule has 1 amide bonds. The normalized spacial score (nSPS) is 14.2. The van der Waals surface area contributed by atoms with Gasteiger partial charge in [0.2, 0.25) is 0 Å². The molecule has 0 aliphatic heterocycles. The van der Waals surface area contributed by atoms with Crippen molar-refractivity contribution in [2.45, 2.75) is 25.4 Å². The molecule has 1 aliphatic carbocycles. The maximum Gasteiger partial charge on any atom is 0.406 e. The first kappa shape index (κ1) is 14.8. The van der Waals surface area contributed by atoms with Crippen molar-refractivity contribution in [1.82, 2.24) is 4.90 Å². The van der Waals surface area contributed by atoms with E-state index in [4.69, 9.17) is 5.11 Å². The highest BCUT2D eigenvalue weighted by atomic mass is 19.4. The number of fused-ring (bicyclic) bond motifs is 1. The lowest BCUT2D eigenvalue weighted by Gasteiger charge is -2.23. The highest BCUT2D eigenvalue weighted by molar-refractivity contribution is 5.94. The summed E-state index contributed by atoms with van der Waals surface area (Å²) in [4.78, 5) is 12.8. The first-order valence-electron chi connectivity index (χ1n) is 6.49. The zero-order chi connectivity index (χ0) is 14.8. The Kier molecular flexibility index (Phi) is 4.32. The maximum atomic E-state index is 12.4. The van der Waals surface area contributed by atoms with E-state index in [0.29, 0.717) is 4.90 Å². The van der Waals surface area contributed by atoms with Gasteiger partial charge in [-0.05, 0) is 42.5 Å². The smallest absolute Gasteiger partial charge is 0.395 e. The predicted molar refractivity (Wildman–Crippen MR) is 67.5 cm³/mol. The topological polar surface area (TPSA) is 40.5 Å². The molecule has 0 bridgehead atoms. The molecule has 1 aliphatic rings. The number of halogens is 3. The third kappa shape index (κ3) is 3.50. The standard InChI is InChI=1S/C14H16F3NO2/c15-14(16,17)9-18(6-7-19)13(20)12-5-4-10-2-1-3-11(10)8-12/h4-5,8,19H,1-3,6-7,9H2. The van der Waals surface area contributed by atoms with Crippen molar-refractivity contribution in [3.05, 3.63) is 34.9 Å². The maximum absolute atomic E-state index is 12.4. The van der Waals surface area contributed by atoms with Crippen LogP contribution in [0.1, 0.15) is 27.9 Å². The van der Waals surface area contributed by atoms with E-state index in [-0.39, 0.29) is 12.1 Å². The van der Waals surface area contributed by atoms with Crippen molar-refractivity contribution < 1.29 is 23.1 Å². The number of carbonyl (C=O) groups is 1. The third-order valence-corrected chi connectivity index (χ3v) is 3.37. The van der Waals surface area contributed by atoms with Gasteiger partial charge in [0.25, 0.3) is 5.91 Å². The van der Waals surface area contributed by atoms with Crippen LogP contribution >= 0.6 is 0 Å². The summed E-state index contributed by atoms with van der Waals surface area (Å²) < 4.78 is 37.3. The highest BCUT2D eigenvalue weighted by Crippen LogP contribution is 2.24. The number of aryl methyl sites for hydroxylation is 2. The zero-order valence-electron chi connectivity index (χ0n) is 10.9. The van der Waals surface area contributed by atoms with Crippen LogP contribution in [-0.2, 0) is 12.8 Å². The Morgan fingerprint density at radius 1 is 1.25 bits per heavy atom. The van der Waals surface area contributed by atoms with Gasteiger partial charge in [-0.1, -0.05) is 6.07 Å². The second kappa shape index (κ2) is 5.83. The molecule has 1 aromatic carbocycles. The summed E-state index contributed by atoms with van der Waals surface area (Å²) in [5.74, 6) is -0.689. The quantitative estimate of drug-likeness (QED) is 0.922. The molecule has 0 atom stereocenters. The summed E-state index contributed by atoms with van der Waals surface area (Å²) in [6.45, 7) is -2.16. The number of nitrogens with zero attached hydrogens (tertiary/aromatic N) is 1. The van der Waals surface area contributed by atoms with Gasteiger partial charge in [0.05, 0.1) is 6.61 Å². The van der Waals surface area contributed by atoms with Gasteiger partial charge >= 0.3 is 6.18 Å². The summed E-state index contributed by atoms with van der Waals surface area (Å²) in [6, 6.07) is 5.04. The lowest BCUT2D eigenvalue weighted by Crippen LogP contribution is -2.40. The monoisotopic (exact) mass is 287 g/mol. The molecule has 0 unspecified atom stereocenters. The number of hydrogen-bond acceptors (Lipinski definition) is 2. The fraction of sp³-hybridized carbons (Fsp3) is 0.500. The highest BCUT2D eigenvalue weighted by Gasteiger charge is 2.33. The van der Waals surface area contributed by atoms with Crippen LogP contribution in [0.25, 0.3) is 0 Å². The predicted octanol–water partition coefficient (Wildman–Crippen LogP) is 2.17. The molecule has 0 fully saturated rings. The lowest BCUT2D eigenvalue weighted by atomic mass is 10.1. The number of amides is 1. The van der Waals surface area contributed by atoms with E-state index in [1.165, 1.54) is 0 Å². The molecule has 0 saturated heterocycles. The first-order valence-corrected chi connectivity index (χ1v) is 6.49. The Labute approximate surface area is 115 Å². The zero-order valence-corrected chi connectivity index (χ0v) is 10.9. The molecule has 0 heterocycles. The van der Waals surface area contributed by atoms with Gasteiger partial charge in [-0.25, -0.2) is 0 Å². The van der Waals surface area contributed by atoms with Crippen LogP contribution in [0.5, 0.6) is 0 Å². The fourth-order valence-electron chi connectivity index (χ4n) is 2.48. The van der Waals surface area contributed by atoms with Crippen LogP contribution in [0.15, 0.2) is 18.2 Å². The fourth-order valence-corrected chi connectivity index (χ4v) is 2.48. The van der Waals surface area contributed by atoms with E-state index in [9.17, 15) is 18.0 Å². The largest absolute Gasteiger partial charge is 0.406 e. The molecule has 6 heteroatoms. The Hall–Kier alpha value is -1.56. The molecular formula is C14H16F3NO2. The second-order valence-electron chi connectivity index (χ2n) is 4.90. The van der Waals surface area contributed by atoms with Crippen molar-refractivity contribution in [1.29, 1.82) is 0 Å². The molecule has 110 valence electrons. The third-order valence-electron chi connectivity index (χ3n) is 3.37. The minimum Gasteiger partial charge on any atom is -0.395 e. The summed E-state index contributed by atoms with van der Waals surface area (Å²) in [5, 5.41) is 8.82. The number of aliphatic hydroxyl groups is 1. The first-order chi connectivity index (χ1) is 9.40. The van der Waals surface area contributed by atoms with Gasteiger partial charge in [0, 0.05) is 12.1 Å². The van der Waals surface area contributed by atoms with Crippen LogP contribution in [0.2, 0.25) is 0 Å². The molecule has 0 spiro atoms. The van der Waals surface area contributed by atoms with E-state index in [0.717, 1.165) is 30.4 Å². The molecule has 1 N–H and O–H groups in total. The van der Waals surface area contributed by atoms with Gasteiger partial charge < -0.3 is 10.0 Å². The van der Waals surface area contributed by atoms with Crippen LogP contribution in [-0.4, -0.2) is 41.8 Å². The Morgan fingerprint density at radius 2 is 1.95 bits per heavy atom. The Balaban J connectivity index is 2.18. The molecule has 20 heavy (non-hydrogen) atoms. The van der Waals surface area contributed by atoms with E-state index in [1.54, 1.807) is 18.2 Å². The number of aliphatic hydroxyl groups excluding tert-OH is 1. The number of rotatable bonds is 4. The van der Waals surface area contributed by atoms with Gasteiger partial charge in [0.15, 0.2) is 0 Å². The average molecular weight is 287 g/mol. The molecule has 1 aromatic rings.